The Hall–Kier alpha value is -1.97. The molecular weight excluding hydrogens is 368 g/mol. The van der Waals surface area contributed by atoms with E-state index in [9.17, 15) is 18.0 Å². The lowest BCUT2D eigenvalue weighted by Gasteiger charge is -2.38. The van der Waals surface area contributed by atoms with Crippen molar-refractivity contribution in [3.63, 3.8) is 0 Å². The summed E-state index contributed by atoms with van der Waals surface area (Å²) in [7, 11) is -1.62. The number of hydrogen-bond acceptors (Lipinski definition) is 5. The number of carbonyl (C=O) groups excluding carboxylic acids is 2. The van der Waals surface area contributed by atoms with E-state index in [2.05, 4.69) is 5.32 Å². The van der Waals surface area contributed by atoms with E-state index in [4.69, 9.17) is 0 Å². The third kappa shape index (κ3) is 4.48. The number of benzene rings is 1. The molecule has 1 atom stereocenters. The average molecular weight is 394 g/mol. The quantitative estimate of drug-likeness (QED) is 0.727. The number of amides is 2. The molecule has 0 saturated carbocycles. The molecule has 2 aliphatic heterocycles. The van der Waals surface area contributed by atoms with Crippen LogP contribution in [0.4, 0.5) is 0 Å². The lowest BCUT2D eigenvalue weighted by molar-refractivity contribution is -0.136. The predicted molar refractivity (Wildman–Crippen MR) is 101 cm³/mol. The van der Waals surface area contributed by atoms with Gasteiger partial charge in [0.15, 0.2) is 0 Å². The standard InChI is InChI=1S/C18H26N4O4S/c1-19-18(24)16-11-14-5-3-4-6-15(14)12-21(16)13-17(23)20-7-9-22(10-8-20)27(2,25)26/h3-6,16H,7-13H2,1-2H3,(H,19,24). The highest BCUT2D eigenvalue weighted by Crippen LogP contribution is 2.23. The Labute approximate surface area is 160 Å². The fourth-order valence-electron chi connectivity index (χ4n) is 3.71. The van der Waals surface area contributed by atoms with Gasteiger partial charge in [-0.3, -0.25) is 14.5 Å². The summed E-state index contributed by atoms with van der Waals surface area (Å²) >= 11 is 0. The summed E-state index contributed by atoms with van der Waals surface area (Å²) in [4.78, 5) is 28.7. The zero-order valence-corrected chi connectivity index (χ0v) is 16.5. The minimum Gasteiger partial charge on any atom is -0.358 e. The van der Waals surface area contributed by atoms with Gasteiger partial charge in [-0.05, 0) is 17.5 Å². The van der Waals surface area contributed by atoms with Crippen LogP contribution < -0.4 is 5.32 Å². The van der Waals surface area contributed by atoms with Crippen molar-refractivity contribution in [2.75, 3.05) is 46.0 Å². The second kappa shape index (κ2) is 7.95. The van der Waals surface area contributed by atoms with E-state index in [-0.39, 0.29) is 24.4 Å². The molecule has 27 heavy (non-hydrogen) atoms. The number of likely N-dealkylation sites (N-methyl/N-ethyl adjacent to an activating group) is 1. The van der Waals surface area contributed by atoms with Crippen molar-refractivity contribution in [1.29, 1.82) is 0 Å². The fraction of sp³-hybridized carbons (Fsp3) is 0.556. The first-order valence-corrected chi connectivity index (χ1v) is 10.9. The second-order valence-corrected chi connectivity index (χ2v) is 9.03. The van der Waals surface area contributed by atoms with Crippen molar-refractivity contribution in [3.05, 3.63) is 35.4 Å². The molecule has 1 unspecified atom stereocenters. The van der Waals surface area contributed by atoms with Crippen LogP contribution in [0.2, 0.25) is 0 Å². The van der Waals surface area contributed by atoms with Crippen LogP contribution in [0.25, 0.3) is 0 Å². The van der Waals surface area contributed by atoms with Crippen LogP contribution >= 0.6 is 0 Å². The molecule has 0 aromatic heterocycles. The van der Waals surface area contributed by atoms with Gasteiger partial charge in [-0.15, -0.1) is 0 Å². The molecule has 1 saturated heterocycles. The van der Waals surface area contributed by atoms with Crippen LogP contribution in [0.5, 0.6) is 0 Å². The van der Waals surface area contributed by atoms with E-state index in [1.54, 1.807) is 11.9 Å². The topological polar surface area (TPSA) is 90.0 Å². The maximum Gasteiger partial charge on any atom is 0.237 e. The lowest BCUT2D eigenvalue weighted by Crippen LogP contribution is -2.55. The molecule has 0 aliphatic carbocycles. The molecule has 1 aromatic carbocycles. The molecule has 9 heteroatoms. The Morgan fingerprint density at radius 2 is 1.74 bits per heavy atom. The van der Waals surface area contributed by atoms with Crippen LogP contribution in [-0.4, -0.2) is 86.4 Å². The number of sulfonamides is 1. The van der Waals surface area contributed by atoms with Gasteiger partial charge in [-0.25, -0.2) is 8.42 Å². The number of rotatable bonds is 4. The molecule has 2 aliphatic rings. The molecular formula is C18H26N4O4S. The summed E-state index contributed by atoms with van der Waals surface area (Å²) in [6.07, 6.45) is 1.76. The molecule has 3 rings (SSSR count). The number of carbonyl (C=O) groups is 2. The SMILES string of the molecule is CNC(=O)C1Cc2ccccc2CN1CC(=O)N1CCN(S(C)(=O)=O)CC1. The molecule has 0 spiro atoms. The zero-order valence-electron chi connectivity index (χ0n) is 15.7. The molecule has 2 amide bonds. The molecule has 8 nitrogen and oxygen atoms in total. The highest BCUT2D eigenvalue weighted by Gasteiger charge is 2.34. The highest BCUT2D eigenvalue weighted by atomic mass is 32.2. The first-order valence-electron chi connectivity index (χ1n) is 9.05. The zero-order chi connectivity index (χ0) is 19.6. The van der Waals surface area contributed by atoms with Crippen molar-refractivity contribution in [2.45, 2.75) is 19.0 Å². The van der Waals surface area contributed by atoms with Crippen molar-refractivity contribution in [3.8, 4) is 0 Å². The lowest BCUT2D eigenvalue weighted by atomic mass is 9.93. The molecule has 2 heterocycles. The fourth-order valence-corrected chi connectivity index (χ4v) is 4.54. The van der Waals surface area contributed by atoms with Crippen LogP contribution in [0.3, 0.4) is 0 Å². The first kappa shape index (κ1) is 19.8. The smallest absolute Gasteiger partial charge is 0.237 e. The average Bonchev–Trinajstić information content (AvgIpc) is 2.66. The summed E-state index contributed by atoms with van der Waals surface area (Å²) in [5, 5.41) is 2.69. The van der Waals surface area contributed by atoms with E-state index in [1.165, 1.54) is 10.6 Å². The Bertz CT molecular complexity index is 818. The Morgan fingerprint density at radius 1 is 1.11 bits per heavy atom. The van der Waals surface area contributed by atoms with Crippen LogP contribution in [-0.2, 0) is 32.6 Å². The highest BCUT2D eigenvalue weighted by molar-refractivity contribution is 7.88. The van der Waals surface area contributed by atoms with E-state index in [0.717, 1.165) is 11.1 Å². The van der Waals surface area contributed by atoms with Gasteiger partial charge in [-0.2, -0.15) is 4.31 Å². The number of nitrogens with one attached hydrogen (secondary N) is 1. The molecule has 0 radical (unpaired) electrons. The third-order valence-corrected chi connectivity index (χ3v) is 6.60. The monoisotopic (exact) mass is 394 g/mol. The molecule has 1 N–H and O–H groups in total. The van der Waals surface area contributed by atoms with Gasteiger partial charge in [0.05, 0.1) is 18.8 Å². The minimum absolute atomic E-state index is 0.0727. The summed E-state index contributed by atoms with van der Waals surface area (Å²) in [6.45, 7) is 2.06. The first-order chi connectivity index (χ1) is 12.8. The normalized spacial score (nSPS) is 21.6. The summed E-state index contributed by atoms with van der Waals surface area (Å²) < 4.78 is 24.6. The maximum atomic E-state index is 12.8. The molecule has 148 valence electrons. The Balaban J connectivity index is 1.68. The number of nitrogens with zero attached hydrogens (tertiary/aromatic N) is 3. The number of piperazine rings is 1. The van der Waals surface area contributed by atoms with Gasteiger partial charge in [0.25, 0.3) is 0 Å². The molecule has 1 fully saturated rings. The molecule has 1 aromatic rings. The summed E-state index contributed by atoms with van der Waals surface area (Å²) in [5.41, 5.74) is 2.27. The van der Waals surface area contributed by atoms with Crippen LogP contribution in [0, 0.1) is 0 Å². The number of fused-ring (bicyclic) bond motifs is 1. The van der Waals surface area contributed by atoms with Crippen LogP contribution in [0.1, 0.15) is 11.1 Å². The predicted octanol–water partition coefficient (Wildman–Crippen LogP) is -0.737. The van der Waals surface area contributed by atoms with Crippen LogP contribution in [0.15, 0.2) is 24.3 Å². The van der Waals surface area contributed by atoms with Gasteiger partial charge < -0.3 is 10.2 Å². The maximum absolute atomic E-state index is 12.8. The van der Waals surface area contributed by atoms with E-state index >= 15 is 0 Å². The van der Waals surface area contributed by atoms with Crippen molar-refractivity contribution < 1.29 is 18.0 Å². The Kier molecular flexibility index (Phi) is 5.83. The second-order valence-electron chi connectivity index (χ2n) is 7.05. The minimum atomic E-state index is -3.23. The van der Waals surface area contributed by atoms with E-state index < -0.39 is 10.0 Å². The van der Waals surface area contributed by atoms with Crippen molar-refractivity contribution in [1.82, 2.24) is 19.4 Å². The van der Waals surface area contributed by atoms with Gasteiger partial charge in [0.1, 0.15) is 0 Å². The largest absolute Gasteiger partial charge is 0.358 e. The van der Waals surface area contributed by atoms with E-state index in [1.807, 2.05) is 29.2 Å². The number of hydrogen-bond donors (Lipinski definition) is 1. The Morgan fingerprint density at radius 3 is 2.33 bits per heavy atom. The van der Waals surface area contributed by atoms with Gasteiger partial charge in [0.2, 0.25) is 21.8 Å². The van der Waals surface area contributed by atoms with Crippen molar-refractivity contribution >= 4 is 21.8 Å². The van der Waals surface area contributed by atoms with Gasteiger partial charge in [0, 0.05) is 39.8 Å². The summed E-state index contributed by atoms with van der Waals surface area (Å²) in [6, 6.07) is 7.59. The van der Waals surface area contributed by atoms with E-state index in [0.29, 0.717) is 39.1 Å². The van der Waals surface area contributed by atoms with Gasteiger partial charge >= 0.3 is 0 Å². The van der Waals surface area contributed by atoms with Gasteiger partial charge in [-0.1, -0.05) is 24.3 Å². The van der Waals surface area contributed by atoms with Crippen molar-refractivity contribution in [2.24, 2.45) is 0 Å². The summed E-state index contributed by atoms with van der Waals surface area (Å²) in [5.74, 6) is -0.171. The third-order valence-electron chi connectivity index (χ3n) is 5.29. The molecule has 0 bridgehead atoms.